The standard InChI is InChI=1S/C16H34N2O2/c1-4-18(10-11-19)14-16(13-17-9-12-20-3)7-5-15(2)6-8-16/h15,17,19H,4-14H2,1-3H3. The third-order valence-corrected chi connectivity index (χ3v) is 4.74. The highest BCUT2D eigenvalue weighted by Crippen LogP contribution is 2.39. The van der Waals surface area contributed by atoms with E-state index in [2.05, 4.69) is 24.1 Å². The van der Waals surface area contributed by atoms with Gasteiger partial charge in [-0.25, -0.2) is 0 Å². The molecule has 1 aliphatic carbocycles. The molecule has 0 aromatic carbocycles. The summed E-state index contributed by atoms with van der Waals surface area (Å²) in [4.78, 5) is 2.40. The third-order valence-electron chi connectivity index (χ3n) is 4.74. The SMILES string of the molecule is CCN(CCO)CC1(CNCCOC)CCC(C)CC1. The summed E-state index contributed by atoms with van der Waals surface area (Å²) in [7, 11) is 1.75. The van der Waals surface area contributed by atoms with E-state index in [9.17, 15) is 5.11 Å². The van der Waals surface area contributed by atoms with Crippen molar-refractivity contribution in [1.82, 2.24) is 10.2 Å². The Balaban J connectivity index is 2.53. The molecule has 0 spiro atoms. The summed E-state index contributed by atoms with van der Waals surface area (Å²) in [5.74, 6) is 0.870. The Labute approximate surface area is 124 Å². The molecule has 1 fully saturated rings. The molecule has 0 saturated heterocycles. The predicted molar refractivity (Wildman–Crippen MR) is 84.0 cm³/mol. The van der Waals surface area contributed by atoms with E-state index in [-0.39, 0.29) is 6.61 Å². The molecule has 1 saturated carbocycles. The number of aliphatic hydroxyl groups excluding tert-OH is 1. The zero-order chi connectivity index (χ0) is 14.8. The van der Waals surface area contributed by atoms with Gasteiger partial charge in [-0.1, -0.05) is 26.7 Å². The Morgan fingerprint density at radius 3 is 2.60 bits per heavy atom. The second-order valence-electron chi connectivity index (χ2n) is 6.44. The maximum atomic E-state index is 9.20. The molecule has 0 amide bonds. The first-order chi connectivity index (χ1) is 9.65. The van der Waals surface area contributed by atoms with Crippen molar-refractivity contribution in [3.8, 4) is 0 Å². The molecule has 0 unspecified atom stereocenters. The third kappa shape index (κ3) is 6.08. The zero-order valence-electron chi connectivity index (χ0n) is 13.7. The van der Waals surface area contributed by atoms with Gasteiger partial charge in [0.05, 0.1) is 13.2 Å². The van der Waals surface area contributed by atoms with Crippen molar-refractivity contribution < 1.29 is 9.84 Å². The van der Waals surface area contributed by atoms with Gasteiger partial charge in [0.15, 0.2) is 0 Å². The fraction of sp³-hybridized carbons (Fsp3) is 1.00. The predicted octanol–water partition coefficient (Wildman–Crippen LogP) is 1.73. The summed E-state index contributed by atoms with van der Waals surface area (Å²) in [6.45, 7) is 10.5. The van der Waals surface area contributed by atoms with E-state index in [1.54, 1.807) is 7.11 Å². The Morgan fingerprint density at radius 1 is 1.35 bits per heavy atom. The lowest BCUT2D eigenvalue weighted by Gasteiger charge is -2.43. The summed E-state index contributed by atoms with van der Waals surface area (Å²) in [5.41, 5.74) is 0.380. The van der Waals surface area contributed by atoms with Crippen molar-refractivity contribution in [3.05, 3.63) is 0 Å². The Bertz CT molecular complexity index is 241. The van der Waals surface area contributed by atoms with Gasteiger partial charge < -0.3 is 20.1 Å². The van der Waals surface area contributed by atoms with Crippen LogP contribution in [0.4, 0.5) is 0 Å². The normalized spacial score (nSPS) is 27.1. The van der Waals surface area contributed by atoms with Crippen LogP contribution in [0.1, 0.15) is 39.5 Å². The lowest BCUT2D eigenvalue weighted by atomic mass is 9.70. The van der Waals surface area contributed by atoms with Crippen molar-refractivity contribution in [2.24, 2.45) is 11.3 Å². The van der Waals surface area contributed by atoms with E-state index in [1.807, 2.05) is 0 Å². The molecule has 1 rings (SSSR count). The van der Waals surface area contributed by atoms with Gasteiger partial charge in [-0.3, -0.25) is 0 Å². The number of hydrogen-bond donors (Lipinski definition) is 2. The fourth-order valence-electron chi connectivity index (χ4n) is 3.26. The van der Waals surface area contributed by atoms with E-state index in [1.165, 1.54) is 25.7 Å². The smallest absolute Gasteiger partial charge is 0.0587 e. The van der Waals surface area contributed by atoms with Crippen LogP contribution < -0.4 is 5.32 Å². The van der Waals surface area contributed by atoms with Crippen LogP contribution in [-0.2, 0) is 4.74 Å². The number of nitrogens with one attached hydrogen (secondary N) is 1. The molecular formula is C16H34N2O2. The van der Waals surface area contributed by atoms with E-state index in [4.69, 9.17) is 4.74 Å². The monoisotopic (exact) mass is 286 g/mol. The first-order valence-electron chi connectivity index (χ1n) is 8.18. The second-order valence-corrected chi connectivity index (χ2v) is 6.44. The second kappa shape index (κ2) is 9.72. The Hall–Kier alpha value is -0.160. The van der Waals surface area contributed by atoms with Crippen molar-refractivity contribution in [3.63, 3.8) is 0 Å². The average Bonchev–Trinajstić information content (AvgIpc) is 2.46. The molecule has 4 heteroatoms. The van der Waals surface area contributed by atoms with Gasteiger partial charge in [-0.15, -0.1) is 0 Å². The summed E-state index contributed by atoms with van der Waals surface area (Å²) in [6, 6.07) is 0. The quantitative estimate of drug-likeness (QED) is 0.600. The molecule has 0 radical (unpaired) electrons. The molecule has 0 aromatic rings. The lowest BCUT2D eigenvalue weighted by Crippen LogP contribution is -2.47. The van der Waals surface area contributed by atoms with E-state index >= 15 is 0 Å². The van der Waals surface area contributed by atoms with Gasteiger partial charge >= 0.3 is 0 Å². The average molecular weight is 286 g/mol. The van der Waals surface area contributed by atoms with E-state index < -0.39 is 0 Å². The first kappa shape index (κ1) is 17.9. The molecular weight excluding hydrogens is 252 g/mol. The topological polar surface area (TPSA) is 44.7 Å². The number of hydrogen-bond acceptors (Lipinski definition) is 4. The van der Waals surface area contributed by atoms with Gasteiger partial charge in [0, 0.05) is 33.3 Å². The molecule has 4 nitrogen and oxygen atoms in total. The number of nitrogens with zero attached hydrogens (tertiary/aromatic N) is 1. The highest BCUT2D eigenvalue weighted by Gasteiger charge is 2.35. The van der Waals surface area contributed by atoms with Crippen LogP contribution >= 0.6 is 0 Å². The maximum absolute atomic E-state index is 9.20. The molecule has 0 aliphatic heterocycles. The largest absolute Gasteiger partial charge is 0.395 e. The van der Waals surface area contributed by atoms with Crippen LogP contribution in [0.3, 0.4) is 0 Å². The lowest BCUT2D eigenvalue weighted by molar-refractivity contribution is 0.0766. The molecule has 0 aromatic heterocycles. The zero-order valence-corrected chi connectivity index (χ0v) is 13.7. The van der Waals surface area contributed by atoms with E-state index in [0.717, 1.165) is 45.2 Å². The number of aliphatic hydroxyl groups is 1. The maximum Gasteiger partial charge on any atom is 0.0587 e. The Morgan fingerprint density at radius 2 is 2.05 bits per heavy atom. The van der Waals surface area contributed by atoms with Crippen LogP contribution in [0.25, 0.3) is 0 Å². The van der Waals surface area contributed by atoms with Crippen molar-refractivity contribution in [2.75, 3.05) is 53.0 Å². The molecule has 1 aliphatic rings. The van der Waals surface area contributed by atoms with Gasteiger partial charge in [0.2, 0.25) is 0 Å². The van der Waals surface area contributed by atoms with Crippen LogP contribution in [0.5, 0.6) is 0 Å². The fourth-order valence-corrected chi connectivity index (χ4v) is 3.26. The molecule has 0 heterocycles. The minimum absolute atomic E-state index is 0.261. The molecule has 20 heavy (non-hydrogen) atoms. The number of rotatable bonds is 10. The molecule has 2 N–H and O–H groups in total. The Kier molecular flexibility index (Phi) is 8.69. The minimum atomic E-state index is 0.261. The van der Waals surface area contributed by atoms with Gasteiger partial charge in [-0.2, -0.15) is 0 Å². The van der Waals surface area contributed by atoms with Gasteiger partial charge in [-0.05, 0) is 30.7 Å². The summed E-state index contributed by atoms with van der Waals surface area (Å²) in [6.07, 6.45) is 5.28. The summed E-state index contributed by atoms with van der Waals surface area (Å²) < 4.78 is 5.12. The highest BCUT2D eigenvalue weighted by atomic mass is 16.5. The van der Waals surface area contributed by atoms with Crippen LogP contribution in [0, 0.1) is 11.3 Å². The number of likely N-dealkylation sites (N-methyl/N-ethyl adjacent to an activating group) is 1. The summed E-state index contributed by atoms with van der Waals surface area (Å²) in [5, 5.41) is 12.8. The van der Waals surface area contributed by atoms with Crippen molar-refractivity contribution in [2.45, 2.75) is 39.5 Å². The number of ether oxygens (including phenoxy) is 1. The van der Waals surface area contributed by atoms with Gasteiger partial charge in [0.1, 0.15) is 0 Å². The minimum Gasteiger partial charge on any atom is -0.395 e. The molecule has 0 bridgehead atoms. The van der Waals surface area contributed by atoms with E-state index in [0.29, 0.717) is 5.41 Å². The highest BCUT2D eigenvalue weighted by molar-refractivity contribution is 4.89. The van der Waals surface area contributed by atoms with Gasteiger partial charge in [0.25, 0.3) is 0 Å². The van der Waals surface area contributed by atoms with Crippen LogP contribution in [-0.4, -0.2) is 63.1 Å². The number of methoxy groups -OCH3 is 1. The summed E-state index contributed by atoms with van der Waals surface area (Å²) >= 11 is 0. The van der Waals surface area contributed by atoms with Crippen LogP contribution in [0.2, 0.25) is 0 Å². The molecule has 0 atom stereocenters. The molecule has 120 valence electrons. The first-order valence-corrected chi connectivity index (χ1v) is 8.18. The van der Waals surface area contributed by atoms with Crippen LogP contribution in [0.15, 0.2) is 0 Å². The van der Waals surface area contributed by atoms with Crippen molar-refractivity contribution >= 4 is 0 Å². The van der Waals surface area contributed by atoms with Crippen molar-refractivity contribution in [1.29, 1.82) is 0 Å².